The van der Waals surface area contributed by atoms with Gasteiger partial charge in [-0.3, -0.25) is 10.1 Å². The summed E-state index contributed by atoms with van der Waals surface area (Å²) in [5.41, 5.74) is 0.877. The van der Waals surface area contributed by atoms with Crippen molar-refractivity contribution in [3.05, 3.63) is 34.6 Å². The van der Waals surface area contributed by atoms with Crippen LogP contribution in [0.1, 0.15) is 11.6 Å². The molecular formula is C12H13ClFNO2S. The molecule has 98 valence electrons. The second-order valence-electron chi connectivity index (χ2n) is 4.01. The fourth-order valence-electron chi connectivity index (χ4n) is 1.84. The molecular weight excluding hydrogens is 277 g/mol. The van der Waals surface area contributed by atoms with E-state index in [9.17, 15) is 9.18 Å². The molecule has 2 unspecified atom stereocenters. The summed E-state index contributed by atoms with van der Waals surface area (Å²) in [5, 5.41) is 3.29. The lowest BCUT2D eigenvalue weighted by Gasteiger charge is -2.29. The first kappa shape index (κ1) is 13.6. The van der Waals surface area contributed by atoms with Gasteiger partial charge in [0.05, 0.1) is 12.1 Å². The average molecular weight is 290 g/mol. The molecule has 1 aromatic rings. The minimum absolute atomic E-state index is 0.0223. The van der Waals surface area contributed by atoms with Crippen LogP contribution in [0, 0.1) is 5.82 Å². The fraction of sp³-hybridized carbons (Fsp3) is 0.417. The number of benzene rings is 1. The standard InChI is InChI=1S/C12H13ClFNO2S/c1-17-12(16)11-6-18-5-10(15-11)7-2-3-9(14)8(13)4-7/h2-4,10-11,15H,5-6H2,1H3. The third-order valence-corrected chi connectivity index (χ3v) is 4.23. The average Bonchev–Trinajstić information content (AvgIpc) is 2.41. The summed E-state index contributed by atoms with van der Waals surface area (Å²) in [6.45, 7) is 0. The maximum Gasteiger partial charge on any atom is 0.323 e. The molecule has 0 amide bonds. The summed E-state index contributed by atoms with van der Waals surface area (Å²) in [6, 6.07) is 4.26. The number of carbonyl (C=O) groups excluding carboxylic acids is 1. The first-order valence-electron chi connectivity index (χ1n) is 5.48. The molecule has 1 N–H and O–H groups in total. The third-order valence-electron chi connectivity index (χ3n) is 2.80. The number of esters is 1. The monoisotopic (exact) mass is 289 g/mol. The molecule has 18 heavy (non-hydrogen) atoms. The van der Waals surface area contributed by atoms with Gasteiger partial charge in [-0.15, -0.1) is 0 Å². The Morgan fingerprint density at radius 1 is 1.56 bits per heavy atom. The van der Waals surface area contributed by atoms with Gasteiger partial charge < -0.3 is 4.74 Å². The van der Waals surface area contributed by atoms with Crippen molar-refractivity contribution in [3.63, 3.8) is 0 Å². The van der Waals surface area contributed by atoms with E-state index < -0.39 is 5.82 Å². The second-order valence-corrected chi connectivity index (χ2v) is 5.49. The molecule has 3 nitrogen and oxygen atoms in total. The molecule has 1 aliphatic rings. The quantitative estimate of drug-likeness (QED) is 0.849. The molecule has 0 saturated carbocycles. The Balaban J connectivity index is 2.13. The molecule has 6 heteroatoms. The highest BCUT2D eigenvalue weighted by Crippen LogP contribution is 2.27. The van der Waals surface area contributed by atoms with Gasteiger partial charge in [-0.1, -0.05) is 17.7 Å². The Morgan fingerprint density at radius 2 is 2.33 bits per heavy atom. The van der Waals surface area contributed by atoms with Gasteiger partial charge >= 0.3 is 5.97 Å². The van der Waals surface area contributed by atoms with Crippen LogP contribution >= 0.6 is 23.4 Å². The Kier molecular flexibility index (Phi) is 4.48. The number of ether oxygens (including phenoxy) is 1. The van der Waals surface area contributed by atoms with Crippen molar-refractivity contribution in [2.45, 2.75) is 12.1 Å². The summed E-state index contributed by atoms with van der Waals surface area (Å²) in [5.74, 6) is 0.780. The van der Waals surface area contributed by atoms with Crippen molar-refractivity contribution in [2.75, 3.05) is 18.6 Å². The van der Waals surface area contributed by atoms with E-state index in [0.29, 0.717) is 5.75 Å². The Hall–Kier alpha value is -0.780. The molecule has 0 aliphatic carbocycles. The smallest absolute Gasteiger partial charge is 0.323 e. The lowest BCUT2D eigenvalue weighted by molar-refractivity contribution is -0.142. The minimum Gasteiger partial charge on any atom is -0.468 e. The highest BCUT2D eigenvalue weighted by atomic mass is 35.5. The van der Waals surface area contributed by atoms with Gasteiger partial charge in [-0.2, -0.15) is 11.8 Å². The van der Waals surface area contributed by atoms with E-state index in [0.717, 1.165) is 11.3 Å². The van der Waals surface area contributed by atoms with Crippen LogP contribution < -0.4 is 5.32 Å². The number of thioether (sulfide) groups is 1. The second kappa shape index (κ2) is 5.91. The van der Waals surface area contributed by atoms with E-state index in [1.807, 2.05) is 0 Å². The van der Waals surface area contributed by atoms with Crippen LogP contribution in [-0.4, -0.2) is 30.6 Å². The highest BCUT2D eigenvalue weighted by molar-refractivity contribution is 7.99. The van der Waals surface area contributed by atoms with Crippen LogP contribution in [0.15, 0.2) is 18.2 Å². The van der Waals surface area contributed by atoms with Crippen molar-refractivity contribution in [2.24, 2.45) is 0 Å². The van der Waals surface area contributed by atoms with Crippen molar-refractivity contribution < 1.29 is 13.9 Å². The van der Waals surface area contributed by atoms with Crippen molar-refractivity contribution in [3.8, 4) is 0 Å². The zero-order valence-corrected chi connectivity index (χ0v) is 11.4. The van der Waals surface area contributed by atoms with Gasteiger partial charge in [0, 0.05) is 17.5 Å². The summed E-state index contributed by atoms with van der Waals surface area (Å²) in [6.07, 6.45) is 0. The predicted molar refractivity (Wildman–Crippen MR) is 70.4 cm³/mol. The van der Waals surface area contributed by atoms with Crippen LogP contribution in [0.25, 0.3) is 0 Å². The summed E-state index contributed by atoms with van der Waals surface area (Å²) >= 11 is 7.42. The normalized spacial score (nSPS) is 23.7. The molecule has 2 atom stereocenters. The maximum absolute atomic E-state index is 13.1. The van der Waals surface area contributed by atoms with Crippen molar-refractivity contribution >= 4 is 29.3 Å². The fourth-order valence-corrected chi connectivity index (χ4v) is 3.16. The Labute approximate surface area is 114 Å². The number of carbonyl (C=O) groups is 1. The number of methoxy groups -OCH3 is 1. The van der Waals surface area contributed by atoms with Gasteiger partial charge in [0.25, 0.3) is 0 Å². The van der Waals surface area contributed by atoms with E-state index in [1.54, 1.807) is 23.9 Å². The van der Waals surface area contributed by atoms with E-state index >= 15 is 0 Å². The molecule has 1 heterocycles. The number of hydrogen-bond donors (Lipinski definition) is 1. The third kappa shape index (κ3) is 2.96. The minimum atomic E-state index is -0.437. The van der Waals surface area contributed by atoms with E-state index in [4.69, 9.17) is 16.3 Å². The van der Waals surface area contributed by atoms with Crippen molar-refractivity contribution in [1.82, 2.24) is 5.32 Å². The first-order valence-corrected chi connectivity index (χ1v) is 7.01. The molecule has 1 saturated heterocycles. The Bertz CT molecular complexity index is 458. The summed E-state index contributed by atoms with van der Waals surface area (Å²) < 4.78 is 17.8. The van der Waals surface area contributed by atoms with E-state index in [-0.39, 0.29) is 23.1 Å². The van der Waals surface area contributed by atoms with Crippen LogP contribution in [0.4, 0.5) is 4.39 Å². The Morgan fingerprint density at radius 3 is 3.00 bits per heavy atom. The SMILES string of the molecule is COC(=O)C1CSCC(c2ccc(F)c(Cl)c2)N1. The molecule has 0 aromatic heterocycles. The van der Waals surface area contributed by atoms with Gasteiger partial charge in [-0.25, -0.2) is 4.39 Å². The summed E-state index contributed by atoms with van der Waals surface area (Å²) in [7, 11) is 1.37. The molecule has 1 aromatic carbocycles. The topological polar surface area (TPSA) is 38.3 Å². The predicted octanol–water partition coefficient (Wildman–Crippen LogP) is 2.40. The molecule has 0 radical (unpaired) electrons. The van der Waals surface area contributed by atoms with Crippen LogP contribution in [0.5, 0.6) is 0 Å². The highest BCUT2D eigenvalue weighted by Gasteiger charge is 2.28. The molecule has 1 fully saturated rings. The van der Waals surface area contributed by atoms with Crippen LogP contribution in [-0.2, 0) is 9.53 Å². The van der Waals surface area contributed by atoms with Gasteiger partial charge in [0.1, 0.15) is 11.9 Å². The molecule has 0 bridgehead atoms. The van der Waals surface area contributed by atoms with Crippen LogP contribution in [0.3, 0.4) is 0 Å². The van der Waals surface area contributed by atoms with Gasteiger partial charge in [0.2, 0.25) is 0 Å². The maximum atomic E-state index is 13.1. The molecule has 1 aliphatic heterocycles. The summed E-state index contributed by atoms with van der Waals surface area (Å²) in [4.78, 5) is 11.5. The largest absolute Gasteiger partial charge is 0.468 e. The number of halogens is 2. The van der Waals surface area contributed by atoms with E-state index in [1.165, 1.54) is 13.2 Å². The van der Waals surface area contributed by atoms with Crippen LogP contribution in [0.2, 0.25) is 5.02 Å². The van der Waals surface area contributed by atoms with E-state index in [2.05, 4.69) is 5.32 Å². The molecule has 0 spiro atoms. The zero-order chi connectivity index (χ0) is 13.1. The van der Waals surface area contributed by atoms with Gasteiger partial charge in [0.15, 0.2) is 0 Å². The number of nitrogens with one attached hydrogen (secondary N) is 1. The number of hydrogen-bond acceptors (Lipinski definition) is 4. The zero-order valence-electron chi connectivity index (χ0n) is 9.78. The number of rotatable bonds is 2. The van der Waals surface area contributed by atoms with Gasteiger partial charge in [-0.05, 0) is 17.7 Å². The lowest BCUT2D eigenvalue weighted by Crippen LogP contribution is -2.45. The first-order chi connectivity index (χ1) is 8.61. The van der Waals surface area contributed by atoms with Crippen molar-refractivity contribution in [1.29, 1.82) is 0 Å². The molecule has 2 rings (SSSR count). The lowest BCUT2D eigenvalue weighted by atomic mass is 10.1.